The number of aryl methyl sites for hydroxylation is 2. The number of imidazole rings is 1. The van der Waals surface area contributed by atoms with Gasteiger partial charge in [0.1, 0.15) is 17.1 Å². The number of fused-ring (bicyclic) bond motifs is 1. The molecule has 0 radical (unpaired) electrons. The number of anilines is 1. The van der Waals surface area contributed by atoms with Crippen LogP contribution < -0.4 is 10.1 Å². The van der Waals surface area contributed by atoms with E-state index in [-0.39, 0.29) is 12.3 Å². The molecular formula is C20H22N4O2. The Morgan fingerprint density at radius 1 is 1.27 bits per heavy atom. The molecular weight excluding hydrogens is 328 g/mol. The molecule has 0 saturated heterocycles. The first-order valence-electron chi connectivity index (χ1n) is 8.83. The lowest BCUT2D eigenvalue weighted by Gasteiger charge is -2.11. The Hall–Kier alpha value is -2.89. The van der Waals surface area contributed by atoms with Gasteiger partial charge in [0.25, 0.3) is 0 Å². The van der Waals surface area contributed by atoms with Crippen LogP contribution in [0.2, 0.25) is 0 Å². The largest absolute Gasteiger partial charge is 0.494 e. The SMILES string of the molecule is COc1ccc(CC(=O)Nc2c(C)cncc2C)c2nc(C3CC3)[nH]c12. The Bertz CT molecular complexity index is 969. The normalized spacial score (nSPS) is 13.8. The van der Waals surface area contributed by atoms with E-state index < -0.39 is 0 Å². The molecule has 1 fully saturated rings. The van der Waals surface area contributed by atoms with Gasteiger partial charge < -0.3 is 15.0 Å². The number of H-pyrrole nitrogens is 1. The third-order valence-corrected chi connectivity index (χ3v) is 4.83. The molecule has 2 N–H and O–H groups in total. The number of hydrogen-bond donors (Lipinski definition) is 2. The molecule has 1 aliphatic carbocycles. The van der Waals surface area contributed by atoms with Gasteiger partial charge in [-0.05, 0) is 49.4 Å². The summed E-state index contributed by atoms with van der Waals surface area (Å²) in [5.41, 5.74) is 5.32. The number of aromatic nitrogens is 3. The van der Waals surface area contributed by atoms with Crippen molar-refractivity contribution >= 4 is 22.6 Å². The summed E-state index contributed by atoms with van der Waals surface area (Å²) < 4.78 is 5.45. The molecule has 2 heterocycles. The van der Waals surface area contributed by atoms with Crippen LogP contribution in [0.4, 0.5) is 5.69 Å². The first-order chi connectivity index (χ1) is 12.6. The molecule has 2 aromatic heterocycles. The molecule has 0 spiro atoms. The van der Waals surface area contributed by atoms with E-state index in [4.69, 9.17) is 9.72 Å². The topological polar surface area (TPSA) is 79.9 Å². The lowest BCUT2D eigenvalue weighted by Crippen LogP contribution is -2.16. The molecule has 0 unspecified atom stereocenters. The number of carbonyl (C=O) groups excluding carboxylic acids is 1. The van der Waals surface area contributed by atoms with E-state index in [1.807, 2.05) is 26.0 Å². The van der Waals surface area contributed by atoms with E-state index in [9.17, 15) is 4.79 Å². The van der Waals surface area contributed by atoms with E-state index in [2.05, 4.69) is 15.3 Å². The summed E-state index contributed by atoms with van der Waals surface area (Å²) in [5.74, 6) is 2.19. The van der Waals surface area contributed by atoms with Gasteiger partial charge >= 0.3 is 0 Å². The van der Waals surface area contributed by atoms with E-state index in [1.54, 1.807) is 19.5 Å². The lowest BCUT2D eigenvalue weighted by molar-refractivity contribution is -0.115. The van der Waals surface area contributed by atoms with Crippen LogP contribution in [0, 0.1) is 13.8 Å². The summed E-state index contributed by atoms with van der Waals surface area (Å²) in [5, 5.41) is 3.01. The van der Waals surface area contributed by atoms with Crippen LogP contribution in [0.1, 0.15) is 41.3 Å². The van der Waals surface area contributed by atoms with Crippen LogP contribution in [-0.4, -0.2) is 28.0 Å². The minimum atomic E-state index is -0.0650. The van der Waals surface area contributed by atoms with Crippen molar-refractivity contribution in [3.8, 4) is 5.75 Å². The highest BCUT2D eigenvalue weighted by Gasteiger charge is 2.28. The highest BCUT2D eigenvalue weighted by Crippen LogP contribution is 2.40. The Kier molecular flexibility index (Phi) is 4.11. The van der Waals surface area contributed by atoms with Crippen LogP contribution in [0.15, 0.2) is 24.5 Å². The number of aromatic amines is 1. The van der Waals surface area contributed by atoms with Crippen LogP contribution in [0.5, 0.6) is 5.75 Å². The Labute approximate surface area is 152 Å². The molecule has 0 aliphatic heterocycles. The third-order valence-electron chi connectivity index (χ3n) is 4.83. The van der Waals surface area contributed by atoms with E-state index in [0.29, 0.717) is 5.92 Å². The molecule has 1 aromatic carbocycles. The Morgan fingerprint density at radius 3 is 2.65 bits per heavy atom. The quantitative estimate of drug-likeness (QED) is 0.736. The van der Waals surface area contributed by atoms with Gasteiger partial charge in [-0.2, -0.15) is 0 Å². The van der Waals surface area contributed by atoms with Crippen molar-refractivity contribution in [2.75, 3.05) is 12.4 Å². The number of hydrogen-bond acceptors (Lipinski definition) is 4. The van der Waals surface area contributed by atoms with Gasteiger partial charge in [-0.3, -0.25) is 9.78 Å². The van der Waals surface area contributed by atoms with Crippen LogP contribution in [0.3, 0.4) is 0 Å². The molecule has 1 amide bonds. The molecule has 0 bridgehead atoms. The van der Waals surface area contributed by atoms with E-state index in [0.717, 1.165) is 45.0 Å². The molecule has 26 heavy (non-hydrogen) atoms. The monoisotopic (exact) mass is 350 g/mol. The third kappa shape index (κ3) is 3.03. The number of pyridine rings is 1. The van der Waals surface area contributed by atoms with Gasteiger partial charge in [-0.1, -0.05) is 6.07 Å². The summed E-state index contributed by atoms with van der Waals surface area (Å²) in [6.07, 6.45) is 6.10. The smallest absolute Gasteiger partial charge is 0.228 e. The molecule has 3 aromatic rings. The minimum absolute atomic E-state index is 0.0650. The molecule has 134 valence electrons. The Morgan fingerprint density at radius 2 is 2.00 bits per heavy atom. The average Bonchev–Trinajstić information content (AvgIpc) is 3.37. The molecule has 0 atom stereocenters. The number of nitrogens with one attached hydrogen (secondary N) is 2. The number of benzene rings is 1. The van der Waals surface area contributed by atoms with E-state index >= 15 is 0 Å². The summed E-state index contributed by atoms with van der Waals surface area (Å²) >= 11 is 0. The lowest BCUT2D eigenvalue weighted by atomic mass is 10.1. The molecule has 4 rings (SSSR count). The van der Waals surface area contributed by atoms with Crippen molar-refractivity contribution in [3.05, 3.63) is 47.0 Å². The predicted octanol–water partition coefficient (Wildman–Crippen LogP) is 3.64. The van der Waals surface area contributed by atoms with Crippen molar-refractivity contribution in [1.29, 1.82) is 0 Å². The summed E-state index contributed by atoms with van der Waals surface area (Å²) in [4.78, 5) is 24.9. The molecule has 1 saturated carbocycles. The predicted molar refractivity (Wildman–Crippen MR) is 101 cm³/mol. The van der Waals surface area contributed by atoms with Gasteiger partial charge in [0, 0.05) is 24.0 Å². The number of carbonyl (C=O) groups is 1. The first kappa shape index (κ1) is 16.6. The highest BCUT2D eigenvalue weighted by atomic mass is 16.5. The fourth-order valence-electron chi connectivity index (χ4n) is 3.26. The van der Waals surface area contributed by atoms with Gasteiger partial charge in [-0.25, -0.2) is 4.98 Å². The second-order valence-corrected chi connectivity index (χ2v) is 6.92. The van der Waals surface area contributed by atoms with Crippen molar-refractivity contribution < 1.29 is 9.53 Å². The standard InChI is InChI=1S/C20H22N4O2/c1-11-9-21-10-12(2)17(11)22-16(25)8-14-6-7-15(26-3)19-18(14)23-20(24-19)13-4-5-13/h6-7,9-10,13H,4-5,8H2,1-3H3,(H,23,24)(H,21,22,25). The second-order valence-electron chi connectivity index (χ2n) is 6.92. The fourth-order valence-corrected chi connectivity index (χ4v) is 3.26. The van der Waals surface area contributed by atoms with Gasteiger partial charge in [0.05, 0.1) is 19.0 Å². The molecule has 6 heteroatoms. The number of nitrogens with zero attached hydrogens (tertiary/aromatic N) is 2. The zero-order valence-electron chi connectivity index (χ0n) is 15.2. The Balaban J connectivity index is 1.63. The van der Waals surface area contributed by atoms with Crippen molar-refractivity contribution in [3.63, 3.8) is 0 Å². The maximum absolute atomic E-state index is 12.6. The number of amides is 1. The van der Waals surface area contributed by atoms with Crippen molar-refractivity contribution in [1.82, 2.24) is 15.0 Å². The zero-order valence-corrected chi connectivity index (χ0v) is 15.2. The average molecular weight is 350 g/mol. The van der Waals surface area contributed by atoms with Gasteiger partial charge in [-0.15, -0.1) is 0 Å². The first-order valence-corrected chi connectivity index (χ1v) is 8.83. The summed E-state index contributed by atoms with van der Waals surface area (Å²) in [6, 6.07) is 3.81. The number of rotatable bonds is 5. The van der Waals surface area contributed by atoms with Crippen LogP contribution in [0.25, 0.3) is 11.0 Å². The number of ether oxygens (including phenoxy) is 1. The fraction of sp³-hybridized carbons (Fsp3) is 0.350. The highest BCUT2D eigenvalue weighted by molar-refractivity contribution is 5.96. The second kappa shape index (κ2) is 6.44. The van der Waals surface area contributed by atoms with E-state index in [1.165, 1.54) is 12.8 Å². The van der Waals surface area contributed by atoms with Crippen molar-refractivity contribution in [2.45, 2.75) is 39.0 Å². The van der Waals surface area contributed by atoms with Gasteiger partial charge in [0.15, 0.2) is 0 Å². The zero-order chi connectivity index (χ0) is 18.3. The molecule has 6 nitrogen and oxygen atoms in total. The summed E-state index contributed by atoms with van der Waals surface area (Å²) in [7, 11) is 1.65. The van der Waals surface area contributed by atoms with Gasteiger partial charge in [0.2, 0.25) is 5.91 Å². The van der Waals surface area contributed by atoms with Crippen LogP contribution >= 0.6 is 0 Å². The molecule has 1 aliphatic rings. The number of methoxy groups -OCH3 is 1. The van der Waals surface area contributed by atoms with Crippen molar-refractivity contribution in [2.24, 2.45) is 0 Å². The minimum Gasteiger partial charge on any atom is -0.494 e. The van der Waals surface area contributed by atoms with Crippen LogP contribution in [-0.2, 0) is 11.2 Å². The summed E-state index contributed by atoms with van der Waals surface area (Å²) in [6.45, 7) is 3.88. The maximum Gasteiger partial charge on any atom is 0.228 e. The maximum atomic E-state index is 12.6.